The zero-order valence-electron chi connectivity index (χ0n) is 9.34. The maximum Gasteiger partial charge on any atom is 0.166 e. The summed E-state index contributed by atoms with van der Waals surface area (Å²) in [5.74, 6) is 0. The molecule has 1 aliphatic heterocycles. The smallest absolute Gasteiger partial charge is 0.166 e. The molecule has 1 saturated heterocycles. The summed E-state index contributed by atoms with van der Waals surface area (Å²) in [4.78, 5) is 2.51. The minimum absolute atomic E-state index is 0.560. The van der Waals surface area contributed by atoms with Gasteiger partial charge >= 0.3 is 0 Å². The van der Waals surface area contributed by atoms with Crippen molar-refractivity contribution in [1.29, 1.82) is 0 Å². The summed E-state index contributed by atoms with van der Waals surface area (Å²) >= 11 is 5.08. The molecule has 1 rings (SSSR count). The summed E-state index contributed by atoms with van der Waals surface area (Å²) in [7, 11) is 1.86. The molecular weight excluding hydrogens is 194 g/mol. The van der Waals surface area contributed by atoms with E-state index in [0.29, 0.717) is 12.1 Å². The lowest BCUT2D eigenvalue weighted by atomic mass is 10.0. The van der Waals surface area contributed by atoms with Gasteiger partial charge in [-0.25, -0.2) is 0 Å². The van der Waals surface area contributed by atoms with E-state index < -0.39 is 0 Å². The second-order valence-corrected chi connectivity index (χ2v) is 4.54. The van der Waals surface area contributed by atoms with Crippen LogP contribution in [0.25, 0.3) is 0 Å². The van der Waals surface area contributed by atoms with Gasteiger partial charge < -0.3 is 15.5 Å². The Morgan fingerprint density at radius 3 is 2.36 bits per heavy atom. The molecule has 4 heteroatoms. The van der Waals surface area contributed by atoms with Crippen LogP contribution in [0.2, 0.25) is 0 Å². The third-order valence-electron chi connectivity index (χ3n) is 2.82. The highest BCUT2D eigenvalue weighted by Crippen LogP contribution is 2.12. The second-order valence-electron chi connectivity index (χ2n) is 4.13. The molecule has 0 bridgehead atoms. The van der Waals surface area contributed by atoms with Gasteiger partial charge in [-0.1, -0.05) is 0 Å². The van der Waals surface area contributed by atoms with Gasteiger partial charge in [0.25, 0.3) is 0 Å². The van der Waals surface area contributed by atoms with E-state index in [-0.39, 0.29) is 0 Å². The van der Waals surface area contributed by atoms with Crippen molar-refractivity contribution in [3.63, 3.8) is 0 Å². The number of likely N-dealkylation sites (tertiary alicyclic amines) is 1. The topological polar surface area (TPSA) is 27.3 Å². The highest BCUT2D eigenvalue weighted by Gasteiger charge is 2.20. The standard InChI is InChI=1S/C10H21N3S/c1-8(2)13-6-4-9(5-7-13)12-10(14)11-3/h8-9H,4-7H2,1-3H3,(H2,11,12,14). The van der Waals surface area contributed by atoms with Crippen molar-refractivity contribution in [3.8, 4) is 0 Å². The lowest BCUT2D eigenvalue weighted by Gasteiger charge is -2.35. The zero-order valence-corrected chi connectivity index (χ0v) is 10.2. The SMILES string of the molecule is CNC(=S)NC1CCN(C(C)C)CC1. The summed E-state index contributed by atoms with van der Waals surface area (Å²) in [5.41, 5.74) is 0. The van der Waals surface area contributed by atoms with Gasteiger partial charge in [-0.15, -0.1) is 0 Å². The highest BCUT2D eigenvalue weighted by molar-refractivity contribution is 7.80. The number of thiocarbonyl (C=S) groups is 1. The quantitative estimate of drug-likeness (QED) is 0.671. The van der Waals surface area contributed by atoms with Crippen molar-refractivity contribution in [2.24, 2.45) is 0 Å². The maximum atomic E-state index is 5.08. The van der Waals surface area contributed by atoms with Crippen molar-refractivity contribution in [2.75, 3.05) is 20.1 Å². The van der Waals surface area contributed by atoms with Gasteiger partial charge in [0.15, 0.2) is 5.11 Å². The molecule has 82 valence electrons. The average molecular weight is 215 g/mol. The first-order chi connectivity index (χ1) is 6.63. The Bertz CT molecular complexity index is 186. The van der Waals surface area contributed by atoms with Crippen molar-refractivity contribution < 1.29 is 0 Å². The molecule has 0 aromatic carbocycles. The summed E-state index contributed by atoms with van der Waals surface area (Å²) in [6.45, 7) is 6.88. The van der Waals surface area contributed by atoms with Gasteiger partial charge in [-0.05, 0) is 38.9 Å². The van der Waals surface area contributed by atoms with Crippen molar-refractivity contribution in [2.45, 2.75) is 38.8 Å². The number of hydrogen-bond acceptors (Lipinski definition) is 2. The van der Waals surface area contributed by atoms with E-state index in [1.54, 1.807) is 0 Å². The van der Waals surface area contributed by atoms with Crippen LogP contribution < -0.4 is 10.6 Å². The van der Waals surface area contributed by atoms with Crippen LogP contribution >= 0.6 is 12.2 Å². The molecule has 0 amide bonds. The molecule has 1 aliphatic rings. The molecule has 14 heavy (non-hydrogen) atoms. The average Bonchev–Trinajstić information content (AvgIpc) is 2.18. The third kappa shape index (κ3) is 3.42. The van der Waals surface area contributed by atoms with Gasteiger partial charge in [0.2, 0.25) is 0 Å². The molecule has 0 aliphatic carbocycles. The Morgan fingerprint density at radius 2 is 1.93 bits per heavy atom. The van der Waals surface area contributed by atoms with Crippen molar-refractivity contribution in [3.05, 3.63) is 0 Å². The Balaban J connectivity index is 2.25. The number of nitrogens with one attached hydrogen (secondary N) is 2. The van der Waals surface area contributed by atoms with Crippen molar-refractivity contribution >= 4 is 17.3 Å². The molecule has 1 heterocycles. The van der Waals surface area contributed by atoms with Crippen LogP contribution in [0.5, 0.6) is 0 Å². The monoisotopic (exact) mass is 215 g/mol. The molecule has 0 radical (unpaired) electrons. The van der Waals surface area contributed by atoms with Crippen LogP contribution in [0.15, 0.2) is 0 Å². The molecule has 0 aromatic heterocycles. The molecule has 3 nitrogen and oxygen atoms in total. The van der Waals surface area contributed by atoms with Gasteiger partial charge in [0.05, 0.1) is 0 Å². The third-order valence-corrected chi connectivity index (χ3v) is 3.14. The minimum atomic E-state index is 0.560. The Kier molecular flexibility index (Phi) is 4.62. The van der Waals surface area contributed by atoms with Crippen LogP contribution in [0.4, 0.5) is 0 Å². The van der Waals surface area contributed by atoms with E-state index in [4.69, 9.17) is 12.2 Å². The first-order valence-electron chi connectivity index (χ1n) is 5.35. The summed E-state index contributed by atoms with van der Waals surface area (Å²) in [6.07, 6.45) is 2.39. The fourth-order valence-corrected chi connectivity index (χ4v) is 1.98. The molecule has 2 N–H and O–H groups in total. The largest absolute Gasteiger partial charge is 0.366 e. The van der Waals surface area contributed by atoms with Gasteiger partial charge in [-0.2, -0.15) is 0 Å². The first kappa shape index (κ1) is 11.7. The maximum absolute atomic E-state index is 5.08. The van der Waals surface area contributed by atoms with Crippen LogP contribution in [-0.2, 0) is 0 Å². The number of hydrogen-bond donors (Lipinski definition) is 2. The molecule has 1 fully saturated rings. The normalized spacial score (nSPS) is 19.7. The fourth-order valence-electron chi connectivity index (χ4n) is 1.82. The van der Waals surface area contributed by atoms with E-state index in [1.165, 1.54) is 25.9 Å². The Labute approximate surface area is 92.2 Å². The number of rotatable bonds is 2. The van der Waals surface area contributed by atoms with E-state index >= 15 is 0 Å². The predicted molar refractivity (Wildman–Crippen MR) is 64.5 cm³/mol. The van der Waals surface area contributed by atoms with Gasteiger partial charge in [0, 0.05) is 32.2 Å². The Hall–Kier alpha value is -0.350. The van der Waals surface area contributed by atoms with Gasteiger partial charge in [0.1, 0.15) is 0 Å². The number of nitrogens with zero attached hydrogens (tertiary/aromatic N) is 1. The zero-order chi connectivity index (χ0) is 10.6. The molecule has 0 atom stereocenters. The van der Waals surface area contributed by atoms with E-state index in [9.17, 15) is 0 Å². The first-order valence-corrected chi connectivity index (χ1v) is 5.76. The number of piperidine rings is 1. The van der Waals surface area contributed by atoms with Crippen LogP contribution in [0.1, 0.15) is 26.7 Å². The molecule has 0 unspecified atom stereocenters. The molecule has 0 spiro atoms. The van der Waals surface area contributed by atoms with Gasteiger partial charge in [-0.3, -0.25) is 0 Å². The summed E-state index contributed by atoms with van der Waals surface area (Å²) in [5, 5.41) is 7.05. The van der Waals surface area contributed by atoms with E-state index in [2.05, 4.69) is 29.4 Å². The lowest BCUT2D eigenvalue weighted by molar-refractivity contribution is 0.167. The lowest BCUT2D eigenvalue weighted by Crippen LogP contribution is -2.48. The summed E-state index contributed by atoms with van der Waals surface area (Å²) in [6, 6.07) is 1.23. The van der Waals surface area contributed by atoms with Crippen LogP contribution in [-0.4, -0.2) is 42.2 Å². The van der Waals surface area contributed by atoms with E-state index in [0.717, 1.165) is 5.11 Å². The Morgan fingerprint density at radius 1 is 1.36 bits per heavy atom. The minimum Gasteiger partial charge on any atom is -0.366 e. The van der Waals surface area contributed by atoms with Crippen molar-refractivity contribution in [1.82, 2.24) is 15.5 Å². The predicted octanol–water partition coefficient (Wildman–Crippen LogP) is 0.953. The molecular formula is C10H21N3S. The van der Waals surface area contributed by atoms with Crippen LogP contribution in [0.3, 0.4) is 0 Å². The van der Waals surface area contributed by atoms with E-state index in [1.807, 2.05) is 7.05 Å². The molecule has 0 saturated carbocycles. The summed E-state index contributed by atoms with van der Waals surface area (Å²) < 4.78 is 0. The molecule has 0 aromatic rings. The second kappa shape index (κ2) is 5.51. The fraction of sp³-hybridized carbons (Fsp3) is 0.900. The highest BCUT2D eigenvalue weighted by atomic mass is 32.1. The van der Waals surface area contributed by atoms with Crippen LogP contribution in [0, 0.1) is 0 Å².